The Morgan fingerprint density at radius 2 is 1.89 bits per heavy atom. The van der Waals surface area contributed by atoms with Gasteiger partial charge >= 0.3 is 0 Å². The summed E-state index contributed by atoms with van der Waals surface area (Å²) in [7, 11) is 3.51. The van der Waals surface area contributed by atoms with Crippen LogP contribution < -0.4 is 25.7 Å². The third-order valence-electron chi connectivity index (χ3n) is 5.48. The molecule has 1 saturated heterocycles. The number of nitrogens with zero attached hydrogens (tertiary/aromatic N) is 2. The average molecular weight is 487 g/mol. The van der Waals surface area contributed by atoms with Crippen molar-refractivity contribution in [3.8, 4) is 11.5 Å². The summed E-state index contributed by atoms with van der Waals surface area (Å²) in [5, 5.41) is 0. The Morgan fingerprint density at radius 1 is 1.14 bits per heavy atom. The summed E-state index contributed by atoms with van der Waals surface area (Å²) in [6.45, 7) is 3.03. The van der Waals surface area contributed by atoms with E-state index in [-0.39, 0.29) is 6.61 Å². The Labute approximate surface area is 206 Å². The van der Waals surface area contributed by atoms with E-state index in [1.165, 1.54) is 17.7 Å². The zero-order chi connectivity index (χ0) is 24.9. The molecule has 0 aromatic heterocycles. The number of halogens is 1. The molecule has 0 aliphatic carbocycles. The molecule has 1 aliphatic heterocycles. The molecule has 2 aromatic carbocycles. The van der Waals surface area contributed by atoms with Crippen molar-refractivity contribution in [2.24, 2.45) is 10.7 Å². The molecule has 1 heterocycles. The molecule has 0 atom stereocenters. The zero-order valence-corrected chi connectivity index (χ0v) is 20.5. The number of nitrogens with one attached hydrogen (secondary N) is 1. The number of methoxy groups -OCH3 is 1. The van der Waals surface area contributed by atoms with Gasteiger partial charge in [-0.15, -0.1) is 0 Å². The van der Waals surface area contributed by atoms with Crippen LogP contribution >= 0.6 is 0 Å². The molecule has 0 saturated carbocycles. The van der Waals surface area contributed by atoms with E-state index < -0.39 is 5.82 Å². The van der Waals surface area contributed by atoms with Crippen LogP contribution in [-0.2, 0) is 16.1 Å². The molecular weight excluding hydrogens is 451 g/mol. The Morgan fingerprint density at radius 3 is 2.60 bits per heavy atom. The third kappa shape index (κ3) is 8.77. The zero-order valence-electron chi connectivity index (χ0n) is 20.5. The first kappa shape index (κ1) is 26.3. The second-order valence-electron chi connectivity index (χ2n) is 8.14. The number of benzene rings is 2. The summed E-state index contributed by atoms with van der Waals surface area (Å²) >= 11 is 0. The van der Waals surface area contributed by atoms with E-state index in [0.29, 0.717) is 43.8 Å². The lowest BCUT2D eigenvalue weighted by atomic mass is 10.1. The van der Waals surface area contributed by atoms with Gasteiger partial charge in [0.1, 0.15) is 18.2 Å². The smallest absolute Gasteiger partial charge is 0.291 e. The van der Waals surface area contributed by atoms with E-state index in [2.05, 4.69) is 10.5 Å². The van der Waals surface area contributed by atoms with E-state index >= 15 is 0 Å². The van der Waals surface area contributed by atoms with Crippen LogP contribution in [0.3, 0.4) is 0 Å². The van der Waals surface area contributed by atoms with Crippen molar-refractivity contribution in [2.45, 2.75) is 32.3 Å². The molecular formula is C26H35FN4O4. The predicted octanol–water partition coefficient (Wildman–Crippen LogP) is 4.16. The molecule has 1 fully saturated rings. The molecule has 35 heavy (non-hydrogen) atoms. The number of aliphatic imine (C=N–C) groups is 1. The minimum absolute atomic E-state index is 0.286. The number of amidine groups is 1. The van der Waals surface area contributed by atoms with Crippen molar-refractivity contribution in [3.63, 3.8) is 0 Å². The van der Waals surface area contributed by atoms with Gasteiger partial charge in [-0.1, -0.05) is 12.1 Å². The van der Waals surface area contributed by atoms with Crippen LogP contribution in [0.1, 0.15) is 31.2 Å². The van der Waals surface area contributed by atoms with E-state index in [9.17, 15) is 4.39 Å². The number of nitrogens with two attached hydrogens (primary N) is 1. The Bertz CT molecular complexity index is 974. The van der Waals surface area contributed by atoms with Crippen LogP contribution in [-0.4, -0.2) is 46.5 Å². The van der Waals surface area contributed by atoms with Gasteiger partial charge in [0.2, 0.25) is 0 Å². The summed E-state index contributed by atoms with van der Waals surface area (Å²) in [5.41, 5.74) is 11.4. The maximum absolute atomic E-state index is 14.1. The average Bonchev–Trinajstić information content (AvgIpc) is 2.88. The fourth-order valence-corrected chi connectivity index (χ4v) is 3.47. The van der Waals surface area contributed by atoms with Gasteiger partial charge in [0.05, 0.1) is 20.3 Å². The summed E-state index contributed by atoms with van der Waals surface area (Å²) in [5.74, 6) is 0.277. The number of hydrogen-bond donors (Lipinski definition) is 2. The summed E-state index contributed by atoms with van der Waals surface area (Å²) < 4.78 is 30.6. The van der Waals surface area contributed by atoms with Gasteiger partial charge in [0, 0.05) is 43.7 Å². The van der Waals surface area contributed by atoms with Crippen molar-refractivity contribution in [1.29, 1.82) is 0 Å². The molecule has 0 bridgehead atoms. The topological polar surface area (TPSA) is 90.6 Å². The van der Waals surface area contributed by atoms with Crippen LogP contribution in [0, 0.1) is 5.82 Å². The van der Waals surface area contributed by atoms with Crippen LogP contribution in [0.2, 0.25) is 0 Å². The Kier molecular flexibility index (Phi) is 10.7. The lowest BCUT2D eigenvalue weighted by Gasteiger charge is -2.20. The highest BCUT2D eigenvalue weighted by atomic mass is 19.1. The van der Waals surface area contributed by atoms with Gasteiger partial charge in [-0.25, -0.2) is 14.9 Å². The molecule has 1 aliphatic rings. The van der Waals surface area contributed by atoms with Gasteiger partial charge in [-0.2, -0.15) is 0 Å². The third-order valence-corrected chi connectivity index (χ3v) is 5.48. The van der Waals surface area contributed by atoms with E-state index in [0.717, 1.165) is 36.9 Å². The first-order valence-electron chi connectivity index (χ1n) is 11.8. The second-order valence-corrected chi connectivity index (χ2v) is 8.14. The second kappa shape index (κ2) is 14.2. The van der Waals surface area contributed by atoms with Crippen molar-refractivity contribution >= 4 is 11.7 Å². The fraction of sp³-hybridized carbons (Fsp3) is 0.423. The van der Waals surface area contributed by atoms with Crippen molar-refractivity contribution in [2.75, 3.05) is 45.4 Å². The highest BCUT2D eigenvalue weighted by Crippen LogP contribution is 2.23. The molecule has 0 spiro atoms. The van der Waals surface area contributed by atoms with Gasteiger partial charge in [-0.05, 0) is 55.5 Å². The lowest BCUT2D eigenvalue weighted by Crippen LogP contribution is -2.28. The minimum atomic E-state index is -0.437. The predicted molar refractivity (Wildman–Crippen MR) is 135 cm³/mol. The number of hydrogen-bond acceptors (Lipinski definition) is 7. The van der Waals surface area contributed by atoms with Crippen LogP contribution in [0.15, 0.2) is 59.2 Å². The maximum Gasteiger partial charge on any atom is 0.291 e. The summed E-state index contributed by atoms with van der Waals surface area (Å²) in [6, 6.07) is 12.6. The van der Waals surface area contributed by atoms with Gasteiger partial charge in [-0.3, -0.25) is 4.90 Å². The van der Waals surface area contributed by atoms with E-state index in [4.69, 9.17) is 24.8 Å². The van der Waals surface area contributed by atoms with Gasteiger partial charge in [0.25, 0.3) is 6.02 Å². The Hall–Kier alpha value is -3.30. The molecule has 0 unspecified atom stereocenters. The normalized spacial score (nSPS) is 13.8. The highest BCUT2D eigenvalue weighted by molar-refractivity contribution is 5.91. The number of ether oxygens (including phenoxy) is 3. The van der Waals surface area contributed by atoms with Crippen LogP contribution in [0.4, 0.5) is 10.1 Å². The molecule has 3 rings (SSSR count). The fourth-order valence-electron chi connectivity index (χ4n) is 3.47. The van der Waals surface area contributed by atoms with Gasteiger partial charge < -0.3 is 24.8 Å². The van der Waals surface area contributed by atoms with Crippen LogP contribution in [0.5, 0.6) is 11.5 Å². The first-order chi connectivity index (χ1) is 17.1. The quantitative estimate of drug-likeness (QED) is 0.213. The molecule has 190 valence electrons. The van der Waals surface area contributed by atoms with Gasteiger partial charge in [0.15, 0.2) is 5.75 Å². The standard InChI is InChI=1S/C26H35FN4O4/c1-31(26(32-2)29-12-4-3-11-28)23-7-5-21(6-8-23)19-34-24-15-22(27)16-25(17-24)35-30-18-20-9-13-33-14-10-20/h5-8,15-18,30H,3-4,9-14,19,28H2,1-2H3. The summed E-state index contributed by atoms with van der Waals surface area (Å²) in [4.78, 5) is 11.9. The number of unbranched alkanes of at least 4 members (excludes halogenated alkanes) is 1. The maximum atomic E-state index is 14.1. The molecule has 9 heteroatoms. The SMILES string of the molecule is COC(=NCCCCN)N(C)c1ccc(COc2cc(F)cc(ONC=C3CCOCC3)c2)cc1. The van der Waals surface area contributed by atoms with Crippen LogP contribution in [0.25, 0.3) is 0 Å². The molecule has 0 amide bonds. The molecule has 8 nitrogen and oxygen atoms in total. The highest BCUT2D eigenvalue weighted by Gasteiger charge is 2.10. The van der Waals surface area contributed by atoms with Crippen molar-refractivity contribution < 1.29 is 23.4 Å². The molecule has 0 radical (unpaired) electrons. The lowest BCUT2D eigenvalue weighted by molar-refractivity contribution is 0.117. The van der Waals surface area contributed by atoms with Crippen molar-refractivity contribution in [3.05, 3.63) is 65.6 Å². The largest absolute Gasteiger partial charge is 0.489 e. The molecule has 2 aromatic rings. The van der Waals surface area contributed by atoms with E-state index in [1.54, 1.807) is 19.4 Å². The Balaban J connectivity index is 1.53. The summed E-state index contributed by atoms with van der Waals surface area (Å²) in [6.07, 6.45) is 5.37. The number of anilines is 1. The minimum Gasteiger partial charge on any atom is -0.489 e. The van der Waals surface area contributed by atoms with Crippen molar-refractivity contribution in [1.82, 2.24) is 5.48 Å². The first-order valence-corrected chi connectivity index (χ1v) is 11.8. The molecule has 3 N–H and O–H groups in total. The monoisotopic (exact) mass is 486 g/mol. The number of hydroxylamine groups is 1. The van der Waals surface area contributed by atoms with E-state index in [1.807, 2.05) is 36.2 Å². The number of rotatable bonds is 11.